The number of nitrogens with one attached hydrogen (secondary N) is 1. The van der Waals surface area contributed by atoms with Crippen molar-refractivity contribution in [2.75, 3.05) is 13.6 Å². The van der Waals surface area contributed by atoms with Crippen molar-refractivity contribution in [3.63, 3.8) is 0 Å². The number of aryl methyl sites for hydroxylation is 1. The van der Waals surface area contributed by atoms with Crippen molar-refractivity contribution in [2.24, 2.45) is 0 Å². The largest absolute Gasteiger partial charge is 0.357 e. The molecule has 0 aromatic carbocycles. The van der Waals surface area contributed by atoms with E-state index in [1.165, 1.54) is 16.8 Å². The molecule has 7 heteroatoms. The molecule has 120 valence electrons. The molecule has 0 unspecified atom stereocenters. The van der Waals surface area contributed by atoms with Gasteiger partial charge in [-0.25, -0.2) is 4.68 Å². The van der Waals surface area contributed by atoms with Gasteiger partial charge in [0, 0.05) is 26.2 Å². The van der Waals surface area contributed by atoms with Gasteiger partial charge in [-0.05, 0) is 31.7 Å². The highest BCUT2D eigenvalue weighted by Crippen LogP contribution is 2.19. The zero-order chi connectivity index (χ0) is 16.1. The second-order valence-electron chi connectivity index (χ2n) is 5.40. The zero-order valence-electron chi connectivity index (χ0n) is 13.0. The smallest absolute Gasteiger partial charge is 0.274 e. The van der Waals surface area contributed by atoms with Crippen LogP contribution in [0, 0.1) is 0 Å². The highest BCUT2D eigenvalue weighted by molar-refractivity contribution is 5.96. The first-order valence-electron chi connectivity index (χ1n) is 7.69. The Labute approximate surface area is 129 Å². The van der Waals surface area contributed by atoms with Crippen molar-refractivity contribution >= 4 is 11.8 Å². The third-order valence-electron chi connectivity index (χ3n) is 3.83. The van der Waals surface area contributed by atoms with Gasteiger partial charge in [0.25, 0.3) is 11.5 Å². The standard InChI is InChI=1S/C15H22N4O3/c1-3-9-19-13(20)8-7-11(17-19)15(22)18-10-5-4-6-12(18)14(21)16-2/h7-8,12H,3-6,9-10H2,1-2H3,(H,16,21)/t12-/m0/s1. The van der Waals surface area contributed by atoms with Gasteiger partial charge in [-0.3, -0.25) is 14.4 Å². The molecule has 1 aliphatic heterocycles. The maximum Gasteiger partial charge on any atom is 0.274 e. The van der Waals surface area contributed by atoms with Crippen LogP contribution in [0.3, 0.4) is 0 Å². The van der Waals surface area contributed by atoms with E-state index in [2.05, 4.69) is 10.4 Å². The molecule has 0 aliphatic carbocycles. The minimum Gasteiger partial charge on any atom is -0.357 e. The first-order valence-corrected chi connectivity index (χ1v) is 7.69. The van der Waals surface area contributed by atoms with E-state index in [9.17, 15) is 14.4 Å². The van der Waals surface area contributed by atoms with Crippen molar-refractivity contribution < 1.29 is 9.59 Å². The fourth-order valence-corrected chi connectivity index (χ4v) is 2.70. The number of likely N-dealkylation sites (tertiary alicyclic amines) is 1. The van der Waals surface area contributed by atoms with Crippen LogP contribution in [-0.4, -0.2) is 46.1 Å². The molecule has 1 N–H and O–H groups in total. The van der Waals surface area contributed by atoms with Gasteiger partial charge in [0.15, 0.2) is 0 Å². The lowest BCUT2D eigenvalue weighted by molar-refractivity contribution is -0.126. The quantitative estimate of drug-likeness (QED) is 0.872. The Morgan fingerprint density at radius 1 is 1.36 bits per heavy atom. The van der Waals surface area contributed by atoms with Crippen LogP contribution in [0.5, 0.6) is 0 Å². The van der Waals surface area contributed by atoms with E-state index in [4.69, 9.17) is 0 Å². The molecule has 0 saturated carbocycles. The molecule has 1 aromatic heterocycles. The maximum atomic E-state index is 12.7. The molecule has 0 bridgehead atoms. The Hall–Kier alpha value is -2.18. The first-order chi connectivity index (χ1) is 10.6. The van der Waals surface area contributed by atoms with Crippen LogP contribution >= 0.6 is 0 Å². The summed E-state index contributed by atoms with van der Waals surface area (Å²) < 4.78 is 1.30. The van der Waals surface area contributed by atoms with E-state index in [1.807, 2.05) is 6.92 Å². The highest BCUT2D eigenvalue weighted by Gasteiger charge is 2.32. The second-order valence-corrected chi connectivity index (χ2v) is 5.40. The van der Waals surface area contributed by atoms with E-state index in [0.29, 0.717) is 19.5 Å². The number of rotatable bonds is 4. The van der Waals surface area contributed by atoms with E-state index < -0.39 is 6.04 Å². The SMILES string of the molecule is CCCn1nc(C(=O)N2CCCC[C@H]2C(=O)NC)ccc1=O. The summed E-state index contributed by atoms with van der Waals surface area (Å²) in [6, 6.07) is 2.33. The van der Waals surface area contributed by atoms with Gasteiger partial charge in [0.1, 0.15) is 11.7 Å². The fourth-order valence-electron chi connectivity index (χ4n) is 2.70. The molecule has 2 heterocycles. The Kier molecular flexibility index (Phi) is 5.30. The van der Waals surface area contributed by atoms with Crippen LogP contribution in [0.2, 0.25) is 0 Å². The normalized spacial score (nSPS) is 18.1. The Balaban J connectivity index is 2.27. The summed E-state index contributed by atoms with van der Waals surface area (Å²) in [6.45, 7) is 2.94. The molecule has 7 nitrogen and oxygen atoms in total. The molecular formula is C15H22N4O3. The van der Waals surface area contributed by atoms with Crippen LogP contribution in [0.25, 0.3) is 0 Å². The predicted octanol–water partition coefficient (Wildman–Crippen LogP) is 0.394. The molecular weight excluding hydrogens is 284 g/mol. The highest BCUT2D eigenvalue weighted by atomic mass is 16.2. The zero-order valence-corrected chi connectivity index (χ0v) is 13.0. The molecule has 0 spiro atoms. The first kappa shape index (κ1) is 16.2. The molecule has 22 heavy (non-hydrogen) atoms. The molecule has 1 fully saturated rings. The van der Waals surface area contributed by atoms with Crippen molar-refractivity contribution in [2.45, 2.75) is 45.2 Å². The van der Waals surface area contributed by atoms with Gasteiger partial charge >= 0.3 is 0 Å². The van der Waals surface area contributed by atoms with Gasteiger partial charge in [0.05, 0.1) is 0 Å². The minimum absolute atomic E-state index is 0.157. The summed E-state index contributed by atoms with van der Waals surface area (Å²) in [5.74, 6) is -0.451. The average Bonchev–Trinajstić information content (AvgIpc) is 2.55. The van der Waals surface area contributed by atoms with Gasteiger partial charge < -0.3 is 10.2 Å². The number of likely N-dealkylation sites (N-methyl/N-ethyl adjacent to an activating group) is 1. The van der Waals surface area contributed by atoms with Gasteiger partial charge in [-0.1, -0.05) is 6.92 Å². The Morgan fingerprint density at radius 2 is 2.14 bits per heavy atom. The predicted molar refractivity (Wildman–Crippen MR) is 81.5 cm³/mol. The maximum absolute atomic E-state index is 12.7. The summed E-state index contributed by atoms with van der Waals surface area (Å²) in [5, 5.41) is 6.74. The van der Waals surface area contributed by atoms with E-state index in [0.717, 1.165) is 19.3 Å². The molecule has 1 aromatic rings. The molecule has 2 rings (SSSR count). The lowest BCUT2D eigenvalue weighted by Crippen LogP contribution is -2.51. The molecule has 1 atom stereocenters. The van der Waals surface area contributed by atoms with Gasteiger partial charge in [-0.2, -0.15) is 5.10 Å². The topological polar surface area (TPSA) is 84.3 Å². The number of piperidine rings is 1. The monoisotopic (exact) mass is 306 g/mol. The second kappa shape index (κ2) is 7.20. The molecule has 1 aliphatic rings. The lowest BCUT2D eigenvalue weighted by Gasteiger charge is -2.34. The number of aromatic nitrogens is 2. The number of amides is 2. The van der Waals surface area contributed by atoms with Crippen molar-refractivity contribution in [1.82, 2.24) is 20.0 Å². The Morgan fingerprint density at radius 3 is 2.82 bits per heavy atom. The van der Waals surface area contributed by atoms with Crippen molar-refractivity contribution in [3.05, 3.63) is 28.2 Å². The Bertz CT molecular complexity index is 611. The van der Waals surface area contributed by atoms with E-state index >= 15 is 0 Å². The molecule has 0 radical (unpaired) electrons. The third-order valence-corrected chi connectivity index (χ3v) is 3.83. The van der Waals surface area contributed by atoms with Crippen LogP contribution in [0.1, 0.15) is 43.1 Å². The number of carbonyl (C=O) groups is 2. The minimum atomic E-state index is -0.459. The van der Waals surface area contributed by atoms with Crippen molar-refractivity contribution in [1.29, 1.82) is 0 Å². The van der Waals surface area contributed by atoms with E-state index in [1.54, 1.807) is 11.9 Å². The van der Waals surface area contributed by atoms with E-state index in [-0.39, 0.29) is 23.1 Å². The summed E-state index contributed by atoms with van der Waals surface area (Å²) in [4.78, 5) is 37.9. The number of hydrogen-bond acceptors (Lipinski definition) is 4. The van der Waals surface area contributed by atoms with Crippen LogP contribution in [-0.2, 0) is 11.3 Å². The number of nitrogens with zero attached hydrogens (tertiary/aromatic N) is 3. The van der Waals surface area contributed by atoms with Crippen LogP contribution < -0.4 is 10.9 Å². The third kappa shape index (κ3) is 3.35. The van der Waals surface area contributed by atoms with Gasteiger partial charge in [0.2, 0.25) is 5.91 Å². The number of carbonyl (C=O) groups excluding carboxylic acids is 2. The van der Waals surface area contributed by atoms with Crippen LogP contribution in [0.15, 0.2) is 16.9 Å². The fraction of sp³-hybridized carbons (Fsp3) is 0.600. The molecule has 2 amide bonds. The molecule has 1 saturated heterocycles. The van der Waals surface area contributed by atoms with Gasteiger partial charge in [-0.15, -0.1) is 0 Å². The van der Waals surface area contributed by atoms with Crippen LogP contribution in [0.4, 0.5) is 0 Å². The summed E-state index contributed by atoms with van der Waals surface area (Å²) in [5.41, 5.74) is -0.0104. The summed E-state index contributed by atoms with van der Waals surface area (Å²) >= 11 is 0. The lowest BCUT2D eigenvalue weighted by atomic mass is 10.0. The summed E-state index contributed by atoms with van der Waals surface area (Å²) in [6.07, 6.45) is 3.20. The van der Waals surface area contributed by atoms with Crippen molar-refractivity contribution in [3.8, 4) is 0 Å². The summed E-state index contributed by atoms with van der Waals surface area (Å²) in [7, 11) is 1.57. The number of hydrogen-bond donors (Lipinski definition) is 1. The average molecular weight is 306 g/mol.